The third-order valence-corrected chi connectivity index (χ3v) is 8.15. The monoisotopic (exact) mass is 550 g/mol. The zero-order valence-corrected chi connectivity index (χ0v) is 21.8. The number of likely N-dealkylation sites (tertiary alicyclic amines) is 1. The van der Waals surface area contributed by atoms with Gasteiger partial charge in [0.15, 0.2) is 0 Å². The summed E-state index contributed by atoms with van der Waals surface area (Å²) in [5.41, 5.74) is 0.417. The lowest BCUT2D eigenvalue weighted by atomic mass is 9.79. The number of hydrogen-bond donors (Lipinski definition) is 1. The van der Waals surface area contributed by atoms with Crippen LogP contribution >= 0.6 is 11.8 Å². The molecule has 0 spiro atoms. The van der Waals surface area contributed by atoms with Crippen LogP contribution in [0.1, 0.15) is 37.4 Å². The molecule has 1 aliphatic rings. The number of carbonyl (C=O) groups is 1. The molecule has 1 aromatic heterocycles. The van der Waals surface area contributed by atoms with Crippen LogP contribution in [0.2, 0.25) is 0 Å². The Balaban J connectivity index is 1.38. The average molecular weight is 551 g/mol. The summed E-state index contributed by atoms with van der Waals surface area (Å²) in [7, 11) is 1.48. The van der Waals surface area contributed by atoms with Crippen LogP contribution in [-0.4, -0.2) is 53.5 Å². The van der Waals surface area contributed by atoms with E-state index in [1.54, 1.807) is 18.2 Å². The first-order valence-electron chi connectivity index (χ1n) is 12.5. The molecule has 1 N–H and O–H groups in total. The maximum absolute atomic E-state index is 15.5. The normalized spacial score (nSPS) is 19.0. The fourth-order valence-corrected chi connectivity index (χ4v) is 6.16. The quantitative estimate of drug-likeness (QED) is 0.213. The minimum absolute atomic E-state index is 0.0281. The van der Waals surface area contributed by atoms with Crippen LogP contribution in [0.15, 0.2) is 47.5 Å². The molecule has 38 heavy (non-hydrogen) atoms. The summed E-state index contributed by atoms with van der Waals surface area (Å²) in [4.78, 5) is 18.0. The van der Waals surface area contributed by atoms with Gasteiger partial charge in [0.1, 0.15) is 29.4 Å². The number of benzene rings is 2. The molecular weight excluding hydrogens is 520 g/mol. The van der Waals surface area contributed by atoms with Crippen LogP contribution in [0.3, 0.4) is 0 Å². The van der Waals surface area contributed by atoms with Gasteiger partial charge in [0.05, 0.1) is 18.8 Å². The third-order valence-electron chi connectivity index (χ3n) is 7.14. The highest BCUT2D eigenvalue weighted by atomic mass is 32.2. The van der Waals surface area contributed by atoms with Gasteiger partial charge in [-0.2, -0.15) is 0 Å². The molecule has 3 unspecified atom stereocenters. The average Bonchev–Trinajstić information content (AvgIpc) is 2.89. The van der Waals surface area contributed by atoms with Gasteiger partial charge >= 0.3 is 5.97 Å². The van der Waals surface area contributed by atoms with Crippen LogP contribution < -0.4 is 4.74 Å². The number of piperidine rings is 1. The molecule has 1 aliphatic heterocycles. The molecule has 3 aromatic rings. The lowest BCUT2D eigenvalue weighted by molar-refractivity contribution is -0.139. The first kappa shape index (κ1) is 28.2. The number of nitrogens with zero attached hydrogens (tertiary/aromatic N) is 2. The highest BCUT2D eigenvalue weighted by Crippen LogP contribution is 2.37. The van der Waals surface area contributed by atoms with Crippen LogP contribution in [0.25, 0.3) is 10.9 Å². The van der Waals surface area contributed by atoms with Gasteiger partial charge in [-0.3, -0.25) is 9.78 Å². The molecule has 2 aromatic carbocycles. The fourth-order valence-electron chi connectivity index (χ4n) is 5.19. The molecule has 3 atom stereocenters. The van der Waals surface area contributed by atoms with Crippen molar-refractivity contribution in [1.29, 1.82) is 0 Å². The van der Waals surface area contributed by atoms with Crippen LogP contribution in [0.5, 0.6) is 5.75 Å². The second kappa shape index (κ2) is 12.8. The molecule has 0 bridgehead atoms. The molecule has 0 saturated carbocycles. The predicted molar refractivity (Wildman–Crippen MR) is 139 cm³/mol. The van der Waals surface area contributed by atoms with Gasteiger partial charge in [-0.1, -0.05) is 0 Å². The molecule has 204 valence electrons. The summed E-state index contributed by atoms with van der Waals surface area (Å²) in [6, 6.07) is 8.25. The van der Waals surface area contributed by atoms with E-state index in [-0.39, 0.29) is 35.1 Å². The van der Waals surface area contributed by atoms with Gasteiger partial charge in [-0.25, -0.2) is 17.6 Å². The van der Waals surface area contributed by atoms with E-state index in [9.17, 15) is 23.1 Å². The highest BCUT2D eigenvalue weighted by molar-refractivity contribution is 7.99. The Morgan fingerprint density at radius 3 is 2.76 bits per heavy atom. The van der Waals surface area contributed by atoms with Gasteiger partial charge in [-0.15, -0.1) is 11.8 Å². The number of ether oxygens (including phenoxy) is 1. The largest absolute Gasteiger partial charge is 0.497 e. The number of methoxy groups -OCH3 is 1. The minimum Gasteiger partial charge on any atom is -0.497 e. The van der Waals surface area contributed by atoms with E-state index in [1.807, 2.05) is 0 Å². The van der Waals surface area contributed by atoms with Crippen molar-refractivity contribution in [3.05, 3.63) is 65.6 Å². The number of aromatic nitrogens is 1. The summed E-state index contributed by atoms with van der Waals surface area (Å²) in [5.74, 6) is -1.84. The molecule has 0 amide bonds. The Kier molecular flexibility index (Phi) is 9.49. The van der Waals surface area contributed by atoms with Crippen LogP contribution in [0.4, 0.5) is 17.6 Å². The topological polar surface area (TPSA) is 62.7 Å². The Labute approximate surface area is 223 Å². The van der Waals surface area contributed by atoms with E-state index >= 15 is 4.39 Å². The van der Waals surface area contributed by atoms with E-state index in [0.29, 0.717) is 54.9 Å². The van der Waals surface area contributed by atoms with Crippen molar-refractivity contribution < 1.29 is 32.2 Å². The maximum atomic E-state index is 15.5. The zero-order chi connectivity index (χ0) is 27.2. The number of carboxylic acid groups (broad SMARTS) is 1. The van der Waals surface area contributed by atoms with Crippen molar-refractivity contribution in [2.75, 3.05) is 32.5 Å². The number of carboxylic acids is 1. The molecule has 1 saturated heterocycles. The summed E-state index contributed by atoms with van der Waals surface area (Å²) >= 11 is 1.22. The molecule has 1 fully saturated rings. The Bertz CT molecular complexity index is 1280. The van der Waals surface area contributed by atoms with Crippen LogP contribution in [-0.2, 0) is 4.79 Å². The van der Waals surface area contributed by atoms with E-state index in [2.05, 4.69) is 9.88 Å². The van der Waals surface area contributed by atoms with Gasteiger partial charge in [0, 0.05) is 41.1 Å². The second-order valence-corrected chi connectivity index (χ2v) is 10.7. The Morgan fingerprint density at radius 2 is 2.00 bits per heavy atom. The van der Waals surface area contributed by atoms with Crippen molar-refractivity contribution in [2.45, 2.75) is 36.8 Å². The molecule has 10 heteroatoms. The number of pyridine rings is 1. The number of halogens is 4. The molecule has 4 rings (SSSR count). The zero-order valence-electron chi connectivity index (χ0n) is 21.0. The molecular formula is C28H30F4N2O3S. The van der Waals surface area contributed by atoms with E-state index in [4.69, 9.17) is 4.74 Å². The summed E-state index contributed by atoms with van der Waals surface area (Å²) in [5, 5.41) is 9.83. The van der Waals surface area contributed by atoms with Gasteiger partial charge in [-0.05, 0) is 74.0 Å². The molecule has 5 nitrogen and oxygen atoms in total. The van der Waals surface area contributed by atoms with Crippen molar-refractivity contribution in [3.8, 4) is 5.75 Å². The number of fused-ring (bicyclic) bond motifs is 1. The molecule has 0 aliphatic carbocycles. The van der Waals surface area contributed by atoms with Gasteiger partial charge in [0.25, 0.3) is 0 Å². The molecule has 0 radical (unpaired) electrons. The Hall–Kier alpha value is -2.85. The molecule has 2 heterocycles. The van der Waals surface area contributed by atoms with Crippen LogP contribution in [0, 0.1) is 29.3 Å². The number of alkyl halides is 1. The smallest absolute Gasteiger partial charge is 0.303 e. The number of aliphatic carboxylic acids is 1. The Morgan fingerprint density at radius 1 is 1.18 bits per heavy atom. The van der Waals surface area contributed by atoms with E-state index in [1.165, 1.54) is 18.9 Å². The third kappa shape index (κ3) is 6.96. The van der Waals surface area contributed by atoms with Gasteiger partial charge < -0.3 is 14.7 Å². The van der Waals surface area contributed by atoms with Gasteiger partial charge in [0.2, 0.25) is 0 Å². The minimum atomic E-state index is -1.58. The summed E-state index contributed by atoms with van der Waals surface area (Å²) < 4.78 is 62.7. The first-order chi connectivity index (χ1) is 18.2. The number of hydrogen-bond acceptors (Lipinski definition) is 5. The van der Waals surface area contributed by atoms with Crippen molar-refractivity contribution in [2.24, 2.45) is 11.8 Å². The lowest BCUT2D eigenvalue weighted by Gasteiger charge is -2.38. The first-order valence-corrected chi connectivity index (χ1v) is 13.5. The SMILES string of the molecule is COc1ccc2ncc(F)c(C(F)CCC3CCN(CCSc4cc(F)ccc4F)CC3CC(=O)O)c2c1. The van der Waals surface area contributed by atoms with E-state index < -0.39 is 29.6 Å². The second-order valence-electron chi connectivity index (χ2n) is 9.58. The van der Waals surface area contributed by atoms with Crippen molar-refractivity contribution in [1.82, 2.24) is 9.88 Å². The summed E-state index contributed by atoms with van der Waals surface area (Å²) in [6.45, 7) is 1.79. The standard InChI is InChI=1S/C28H30F4N2O3S/c1-37-20-4-7-25-21(14-20)28(24(32)15-33-25)23(31)5-2-17-8-9-34(16-18(17)12-27(35)36)10-11-38-26-13-19(29)3-6-22(26)30/h3-4,6-7,13-15,17-18,23H,2,5,8-12,16H2,1H3,(H,35,36). The number of thioether (sulfide) groups is 1. The predicted octanol–water partition coefficient (Wildman–Crippen LogP) is 6.66. The van der Waals surface area contributed by atoms with E-state index in [0.717, 1.165) is 24.4 Å². The van der Waals surface area contributed by atoms with Crippen molar-refractivity contribution in [3.63, 3.8) is 0 Å². The lowest BCUT2D eigenvalue weighted by Crippen LogP contribution is -2.42. The fraction of sp³-hybridized carbons (Fsp3) is 0.429. The highest BCUT2D eigenvalue weighted by Gasteiger charge is 2.32. The number of rotatable bonds is 11. The van der Waals surface area contributed by atoms with Crippen molar-refractivity contribution >= 4 is 28.6 Å². The maximum Gasteiger partial charge on any atom is 0.303 e. The summed E-state index contributed by atoms with van der Waals surface area (Å²) in [6.07, 6.45) is 0.557.